The van der Waals surface area contributed by atoms with Gasteiger partial charge >= 0.3 is 0 Å². The highest BCUT2D eigenvalue weighted by atomic mass is 32.2. The van der Waals surface area contributed by atoms with E-state index < -0.39 is 15.1 Å². The molecule has 170 valence electrons. The van der Waals surface area contributed by atoms with Crippen LogP contribution in [0.1, 0.15) is 31.5 Å². The van der Waals surface area contributed by atoms with E-state index in [0.717, 1.165) is 28.0 Å². The van der Waals surface area contributed by atoms with Crippen LogP contribution in [0.15, 0.2) is 41.6 Å². The Kier molecular flexibility index (Phi) is 6.31. The smallest absolute Gasteiger partial charge is 0.236 e. The lowest BCUT2D eigenvalue weighted by atomic mass is 10.1. The van der Waals surface area contributed by atoms with Gasteiger partial charge in [-0.2, -0.15) is 5.10 Å². The normalized spacial score (nSPS) is 18.7. The Hall–Kier alpha value is -2.39. The van der Waals surface area contributed by atoms with Gasteiger partial charge in [-0.05, 0) is 45.7 Å². The number of imidazole rings is 1. The number of benzene rings is 1. The first-order valence-electron chi connectivity index (χ1n) is 10.8. The predicted molar refractivity (Wildman–Crippen MR) is 128 cm³/mol. The number of sulfone groups is 1. The topological polar surface area (TPSA) is 84.6 Å². The molecule has 32 heavy (non-hydrogen) atoms. The molecule has 3 aromatic rings. The summed E-state index contributed by atoms with van der Waals surface area (Å²) in [6, 6.07) is 11.7. The number of fused-ring (bicyclic) bond motifs is 1. The number of aromatic nitrogens is 3. The molecule has 0 unspecified atom stereocenters. The molecule has 1 saturated heterocycles. The first-order chi connectivity index (χ1) is 15.2. The minimum atomic E-state index is -3.06. The molecule has 1 aromatic carbocycles. The molecule has 9 heteroatoms. The largest absolute Gasteiger partial charge is 0.338 e. The third kappa shape index (κ3) is 4.41. The van der Waals surface area contributed by atoms with Gasteiger partial charge < -0.3 is 4.90 Å². The lowest BCUT2D eigenvalue weighted by Gasteiger charge is -2.29. The Labute approximate surface area is 193 Å². The van der Waals surface area contributed by atoms with Gasteiger partial charge in [0.05, 0.1) is 33.7 Å². The van der Waals surface area contributed by atoms with Crippen molar-refractivity contribution in [1.29, 1.82) is 0 Å². The summed E-state index contributed by atoms with van der Waals surface area (Å²) in [7, 11) is -3.06. The molecule has 1 fully saturated rings. The minimum absolute atomic E-state index is 0.0500. The van der Waals surface area contributed by atoms with Gasteiger partial charge in [-0.25, -0.2) is 17.9 Å². The maximum atomic E-state index is 13.3. The van der Waals surface area contributed by atoms with E-state index in [1.165, 1.54) is 11.8 Å². The van der Waals surface area contributed by atoms with Crippen LogP contribution in [-0.2, 0) is 14.6 Å². The molecule has 1 aliphatic rings. The van der Waals surface area contributed by atoms with E-state index in [0.29, 0.717) is 18.1 Å². The summed E-state index contributed by atoms with van der Waals surface area (Å²) >= 11 is 1.37. The Morgan fingerprint density at radius 1 is 1.28 bits per heavy atom. The van der Waals surface area contributed by atoms with Crippen molar-refractivity contribution in [3.63, 3.8) is 0 Å². The van der Waals surface area contributed by atoms with Crippen LogP contribution in [0, 0.1) is 13.8 Å². The van der Waals surface area contributed by atoms with Crippen molar-refractivity contribution in [2.45, 2.75) is 50.6 Å². The molecule has 0 spiro atoms. The summed E-state index contributed by atoms with van der Waals surface area (Å²) in [6.45, 7) is 8.22. The highest BCUT2D eigenvalue weighted by molar-refractivity contribution is 8.00. The predicted octanol–water partition coefficient (Wildman–Crippen LogP) is 3.53. The SMILES string of the molecule is CCN(C(=O)[C@@H](C)Sc1nc(-c2ccccc2)c2c(C)cc(C)nn12)[C@@H]1CCS(=O)(=O)C1. The molecule has 2 aromatic heterocycles. The highest BCUT2D eigenvalue weighted by Crippen LogP contribution is 2.33. The van der Waals surface area contributed by atoms with E-state index in [9.17, 15) is 13.2 Å². The van der Waals surface area contributed by atoms with Gasteiger partial charge in [0.25, 0.3) is 0 Å². The van der Waals surface area contributed by atoms with Crippen molar-refractivity contribution in [3.05, 3.63) is 47.7 Å². The molecule has 7 nitrogen and oxygen atoms in total. The Bertz CT molecular complexity index is 1260. The molecule has 4 rings (SSSR count). The molecule has 3 heterocycles. The maximum absolute atomic E-state index is 13.3. The summed E-state index contributed by atoms with van der Waals surface area (Å²) < 4.78 is 25.7. The van der Waals surface area contributed by atoms with Crippen molar-refractivity contribution in [3.8, 4) is 11.3 Å². The number of hydrogen-bond acceptors (Lipinski definition) is 6. The van der Waals surface area contributed by atoms with Crippen LogP contribution < -0.4 is 0 Å². The monoisotopic (exact) mass is 472 g/mol. The number of hydrogen-bond donors (Lipinski definition) is 0. The van der Waals surface area contributed by atoms with Crippen molar-refractivity contribution in [1.82, 2.24) is 19.5 Å². The van der Waals surface area contributed by atoms with Gasteiger partial charge in [0.15, 0.2) is 15.0 Å². The maximum Gasteiger partial charge on any atom is 0.236 e. The second-order valence-electron chi connectivity index (χ2n) is 8.28. The quantitative estimate of drug-likeness (QED) is 0.510. The van der Waals surface area contributed by atoms with E-state index >= 15 is 0 Å². The summed E-state index contributed by atoms with van der Waals surface area (Å²) in [6.07, 6.45) is 0.504. The average molecular weight is 473 g/mol. The first-order valence-corrected chi connectivity index (χ1v) is 13.5. The number of rotatable bonds is 6. The number of nitrogens with zero attached hydrogens (tertiary/aromatic N) is 4. The number of thioether (sulfide) groups is 1. The van der Waals surface area contributed by atoms with Crippen LogP contribution in [0.5, 0.6) is 0 Å². The van der Waals surface area contributed by atoms with E-state index in [1.807, 2.05) is 68.6 Å². The molecule has 1 amide bonds. The third-order valence-electron chi connectivity index (χ3n) is 5.83. The van der Waals surface area contributed by atoms with Crippen molar-refractivity contribution in [2.24, 2.45) is 0 Å². The van der Waals surface area contributed by atoms with Crippen LogP contribution in [0.2, 0.25) is 0 Å². The zero-order valence-electron chi connectivity index (χ0n) is 18.8. The third-order valence-corrected chi connectivity index (χ3v) is 8.61. The van der Waals surface area contributed by atoms with E-state index in [4.69, 9.17) is 4.98 Å². The lowest BCUT2D eigenvalue weighted by Crippen LogP contribution is -2.44. The first kappa shape index (κ1) is 22.8. The summed E-state index contributed by atoms with van der Waals surface area (Å²) in [4.78, 5) is 19.9. The molecule has 0 N–H and O–H groups in total. The highest BCUT2D eigenvalue weighted by Gasteiger charge is 2.36. The number of amides is 1. The minimum Gasteiger partial charge on any atom is -0.338 e. The zero-order valence-corrected chi connectivity index (χ0v) is 20.4. The van der Waals surface area contributed by atoms with Crippen LogP contribution >= 0.6 is 11.8 Å². The fourth-order valence-corrected chi connectivity index (χ4v) is 7.00. The average Bonchev–Trinajstić information content (AvgIpc) is 3.29. The standard InChI is InChI=1S/C23H28N4O3S2/c1-5-26(19-11-12-32(29,30)14-19)22(28)17(4)31-23-24-20(18-9-7-6-8-10-18)21-15(2)13-16(3)25-27(21)23/h6-10,13,17,19H,5,11-12,14H2,1-4H3/t17-,19-/m1/s1. The number of carbonyl (C=O) groups is 1. The van der Waals surface area contributed by atoms with Crippen LogP contribution in [0.4, 0.5) is 0 Å². The fourth-order valence-electron chi connectivity index (χ4n) is 4.34. The van der Waals surface area contributed by atoms with Crippen LogP contribution in [-0.4, -0.2) is 63.2 Å². The van der Waals surface area contributed by atoms with Gasteiger partial charge in [-0.3, -0.25) is 4.79 Å². The zero-order chi connectivity index (χ0) is 23.0. The van der Waals surface area contributed by atoms with Crippen LogP contribution in [0.3, 0.4) is 0 Å². The van der Waals surface area contributed by atoms with Gasteiger partial charge in [0.2, 0.25) is 5.91 Å². The van der Waals surface area contributed by atoms with E-state index in [-0.39, 0.29) is 23.5 Å². The molecule has 0 radical (unpaired) electrons. The molecule has 0 aliphatic carbocycles. The second kappa shape index (κ2) is 8.86. The molecular weight excluding hydrogens is 444 g/mol. The van der Waals surface area contributed by atoms with Crippen LogP contribution in [0.25, 0.3) is 16.8 Å². The Morgan fingerprint density at radius 3 is 2.62 bits per heavy atom. The number of carbonyl (C=O) groups excluding carboxylic acids is 1. The van der Waals surface area contributed by atoms with Crippen molar-refractivity contribution >= 4 is 33.0 Å². The summed E-state index contributed by atoms with van der Waals surface area (Å²) in [5, 5.41) is 4.92. The summed E-state index contributed by atoms with van der Waals surface area (Å²) in [5.41, 5.74) is 4.71. The summed E-state index contributed by atoms with van der Waals surface area (Å²) in [5.74, 6) is 0.132. The van der Waals surface area contributed by atoms with Gasteiger partial charge in [0.1, 0.15) is 0 Å². The molecule has 1 aliphatic heterocycles. The molecule has 0 bridgehead atoms. The Balaban J connectivity index is 1.67. The molecule has 0 saturated carbocycles. The van der Waals surface area contributed by atoms with Gasteiger partial charge in [-0.15, -0.1) is 0 Å². The Morgan fingerprint density at radius 2 is 2.00 bits per heavy atom. The van der Waals surface area contributed by atoms with Crippen molar-refractivity contribution < 1.29 is 13.2 Å². The second-order valence-corrected chi connectivity index (χ2v) is 11.8. The molecular formula is C23H28N4O3S2. The molecule has 2 atom stereocenters. The van der Waals surface area contributed by atoms with E-state index in [2.05, 4.69) is 5.10 Å². The van der Waals surface area contributed by atoms with Crippen molar-refractivity contribution in [2.75, 3.05) is 18.1 Å². The fraction of sp³-hybridized carbons (Fsp3) is 0.435. The lowest BCUT2D eigenvalue weighted by molar-refractivity contribution is -0.131. The van der Waals surface area contributed by atoms with Gasteiger partial charge in [0, 0.05) is 18.2 Å². The van der Waals surface area contributed by atoms with Gasteiger partial charge in [-0.1, -0.05) is 42.1 Å². The number of aryl methyl sites for hydroxylation is 2. The van der Waals surface area contributed by atoms with E-state index in [1.54, 1.807) is 4.90 Å².